The molecule has 0 N–H and O–H groups in total. The first kappa shape index (κ1) is 20.3. The fourth-order valence-electron chi connectivity index (χ4n) is 2.63. The van der Waals surface area contributed by atoms with Gasteiger partial charge in [0.25, 0.3) is 5.69 Å². The number of nitro benzene ring substituents is 1. The van der Waals surface area contributed by atoms with Crippen molar-refractivity contribution in [1.82, 2.24) is 0 Å². The molecule has 0 saturated heterocycles. The number of nitrogens with zero attached hydrogens (tertiary/aromatic N) is 2. The molecule has 3 rings (SSSR count). The van der Waals surface area contributed by atoms with Crippen molar-refractivity contribution in [2.75, 3.05) is 13.2 Å². The zero-order chi connectivity index (χ0) is 21.0. The Balaban J connectivity index is 1.94. The molecule has 150 valence electrons. The number of rotatable bonds is 7. The van der Waals surface area contributed by atoms with Crippen LogP contribution in [0.5, 0.6) is 11.5 Å². The van der Waals surface area contributed by atoms with Crippen LogP contribution in [0, 0.1) is 10.1 Å². The molecule has 0 fully saturated rings. The molecule has 0 atom stereocenters. The number of hydrogen-bond donors (Lipinski definition) is 0. The molecule has 0 saturated carbocycles. The van der Waals surface area contributed by atoms with Crippen LogP contribution >= 0.6 is 11.6 Å². The number of benzene rings is 2. The predicted octanol–water partition coefficient (Wildman–Crippen LogP) is 4.39. The molecule has 0 aromatic heterocycles. The lowest BCUT2D eigenvalue weighted by Gasteiger charge is -2.11. The van der Waals surface area contributed by atoms with Gasteiger partial charge in [-0.2, -0.15) is 0 Å². The molecule has 8 nitrogen and oxygen atoms in total. The van der Waals surface area contributed by atoms with E-state index in [1.54, 1.807) is 18.2 Å². The maximum absolute atomic E-state index is 12.2. The van der Waals surface area contributed by atoms with Gasteiger partial charge in [-0.05, 0) is 49.8 Å². The first-order chi connectivity index (χ1) is 13.9. The molecule has 0 aliphatic carbocycles. The molecule has 1 aliphatic rings. The van der Waals surface area contributed by atoms with Gasteiger partial charge in [-0.25, -0.2) is 9.79 Å². The maximum Gasteiger partial charge on any atom is 0.363 e. The summed E-state index contributed by atoms with van der Waals surface area (Å²) >= 11 is 5.82. The van der Waals surface area contributed by atoms with Gasteiger partial charge in [0.05, 0.1) is 18.1 Å². The molecular weight excluding hydrogens is 400 g/mol. The number of esters is 1. The van der Waals surface area contributed by atoms with Gasteiger partial charge < -0.3 is 14.2 Å². The van der Waals surface area contributed by atoms with Crippen molar-refractivity contribution in [3.05, 3.63) is 68.4 Å². The van der Waals surface area contributed by atoms with Gasteiger partial charge >= 0.3 is 5.97 Å². The van der Waals surface area contributed by atoms with Gasteiger partial charge in [0, 0.05) is 11.6 Å². The lowest BCUT2D eigenvalue weighted by Crippen LogP contribution is -2.06. The smallest absolute Gasteiger partial charge is 0.363 e. The number of nitro groups is 1. The Hall–Kier alpha value is -3.39. The second-order valence-electron chi connectivity index (χ2n) is 5.83. The second-order valence-corrected chi connectivity index (χ2v) is 6.24. The summed E-state index contributed by atoms with van der Waals surface area (Å²) in [6.07, 6.45) is 1.54. The van der Waals surface area contributed by atoms with Crippen molar-refractivity contribution in [3.63, 3.8) is 0 Å². The summed E-state index contributed by atoms with van der Waals surface area (Å²) < 4.78 is 16.3. The fourth-order valence-corrected chi connectivity index (χ4v) is 2.82. The number of carbonyl (C=O) groups excluding carboxylic acids is 1. The lowest BCUT2D eigenvalue weighted by atomic mass is 10.1. The van der Waals surface area contributed by atoms with E-state index in [1.165, 1.54) is 24.3 Å². The monoisotopic (exact) mass is 416 g/mol. The highest BCUT2D eigenvalue weighted by Gasteiger charge is 2.26. The Morgan fingerprint density at radius 3 is 2.55 bits per heavy atom. The van der Waals surface area contributed by atoms with E-state index in [0.29, 0.717) is 30.3 Å². The molecule has 2 aromatic carbocycles. The van der Waals surface area contributed by atoms with E-state index in [2.05, 4.69) is 4.99 Å². The van der Waals surface area contributed by atoms with Crippen LogP contribution in [-0.2, 0) is 9.53 Å². The predicted molar refractivity (Wildman–Crippen MR) is 107 cm³/mol. The standard InChI is InChI=1S/C20H17ClN2O6/c1-3-27-17-8-5-12(10-18(17)28-4-2)9-15-20(24)29-19(22-15)13-6-7-14(21)16(11-13)23(25)26/h5-11H,3-4H2,1-2H3. The van der Waals surface area contributed by atoms with Crippen molar-refractivity contribution in [2.24, 2.45) is 4.99 Å². The Morgan fingerprint density at radius 2 is 1.86 bits per heavy atom. The quantitative estimate of drug-likeness (QED) is 0.287. The van der Waals surface area contributed by atoms with Crippen LogP contribution in [0.3, 0.4) is 0 Å². The molecule has 1 heterocycles. The Bertz CT molecular complexity index is 1030. The van der Waals surface area contributed by atoms with Crippen molar-refractivity contribution < 1.29 is 23.9 Å². The SMILES string of the molecule is CCOc1ccc(C=C2N=C(c3ccc(Cl)c([N+](=O)[O-])c3)OC2=O)cc1OCC. The summed E-state index contributed by atoms with van der Waals surface area (Å²) in [6.45, 7) is 4.68. The lowest BCUT2D eigenvalue weighted by molar-refractivity contribution is -0.384. The highest BCUT2D eigenvalue weighted by atomic mass is 35.5. The van der Waals surface area contributed by atoms with E-state index in [-0.39, 0.29) is 27.9 Å². The number of aliphatic imine (C=N–C) groups is 1. The number of ether oxygens (including phenoxy) is 3. The minimum atomic E-state index is -0.663. The van der Waals surface area contributed by atoms with Crippen molar-refractivity contribution in [1.29, 1.82) is 0 Å². The summed E-state index contributed by atoms with van der Waals surface area (Å²) in [6, 6.07) is 9.29. The van der Waals surface area contributed by atoms with Gasteiger partial charge in [-0.3, -0.25) is 10.1 Å². The van der Waals surface area contributed by atoms with Crippen LogP contribution in [-0.4, -0.2) is 30.0 Å². The number of halogens is 1. The van der Waals surface area contributed by atoms with E-state index in [1.807, 2.05) is 13.8 Å². The van der Waals surface area contributed by atoms with Gasteiger partial charge in [0.15, 0.2) is 17.2 Å². The van der Waals surface area contributed by atoms with Gasteiger partial charge in [-0.1, -0.05) is 17.7 Å². The molecule has 0 radical (unpaired) electrons. The Morgan fingerprint density at radius 1 is 1.14 bits per heavy atom. The summed E-state index contributed by atoms with van der Waals surface area (Å²) in [5.41, 5.74) is 0.702. The Kier molecular flexibility index (Phi) is 6.13. The van der Waals surface area contributed by atoms with Crippen molar-refractivity contribution in [3.8, 4) is 11.5 Å². The third-order valence-corrected chi connectivity index (χ3v) is 4.20. The average Bonchev–Trinajstić information content (AvgIpc) is 3.04. The molecule has 1 aliphatic heterocycles. The highest BCUT2D eigenvalue weighted by Crippen LogP contribution is 2.31. The van der Waals surface area contributed by atoms with Gasteiger partial charge in [0.1, 0.15) is 5.02 Å². The highest BCUT2D eigenvalue weighted by molar-refractivity contribution is 6.32. The molecule has 9 heteroatoms. The van der Waals surface area contributed by atoms with E-state index >= 15 is 0 Å². The minimum absolute atomic E-state index is 0.0164. The number of carbonyl (C=O) groups is 1. The summed E-state index contributed by atoms with van der Waals surface area (Å²) in [5, 5.41) is 11.0. The summed E-state index contributed by atoms with van der Waals surface area (Å²) in [4.78, 5) is 26.8. The molecule has 0 amide bonds. The zero-order valence-electron chi connectivity index (χ0n) is 15.7. The van der Waals surface area contributed by atoms with Crippen LogP contribution < -0.4 is 9.47 Å². The van der Waals surface area contributed by atoms with Crippen molar-refractivity contribution >= 4 is 35.2 Å². The van der Waals surface area contributed by atoms with Crippen LogP contribution in [0.2, 0.25) is 5.02 Å². The van der Waals surface area contributed by atoms with E-state index < -0.39 is 10.9 Å². The van der Waals surface area contributed by atoms with Crippen LogP contribution in [0.25, 0.3) is 6.08 Å². The first-order valence-corrected chi connectivity index (χ1v) is 9.17. The van der Waals surface area contributed by atoms with E-state index in [9.17, 15) is 14.9 Å². The molecule has 0 bridgehead atoms. The zero-order valence-corrected chi connectivity index (χ0v) is 16.4. The first-order valence-electron chi connectivity index (χ1n) is 8.79. The van der Waals surface area contributed by atoms with Gasteiger partial charge in [-0.15, -0.1) is 0 Å². The topological polar surface area (TPSA) is 100 Å². The largest absolute Gasteiger partial charge is 0.490 e. The van der Waals surface area contributed by atoms with Crippen LogP contribution in [0.15, 0.2) is 47.1 Å². The summed E-state index contributed by atoms with van der Waals surface area (Å²) in [5.74, 6) is 0.456. The summed E-state index contributed by atoms with van der Waals surface area (Å²) in [7, 11) is 0. The van der Waals surface area contributed by atoms with Gasteiger partial charge in [0.2, 0.25) is 5.90 Å². The number of cyclic esters (lactones) is 1. The van der Waals surface area contributed by atoms with E-state index in [0.717, 1.165) is 0 Å². The maximum atomic E-state index is 12.2. The fraction of sp³-hybridized carbons (Fsp3) is 0.200. The molecule has 29 heavy (non-hydrogen) atoms. The molecule has 0 spiro atoms. The molecule has 0 unspecified atom stereocenters. The number of hydrogen-bond acceptors (Lipinski definition) is 7. The minimum Gasteiger partial charge on any atom is -0.490 e. The third-order valence-electron chi connectivity index (χ3n) is 3.88. The second kappa shape index (κ2) is 8.74. The van der Waals surface area contributed by atoms with Crippen LogP contribution in [0.4, 0.5) is 5.69 Å². The normalized spacial score (nSPS) is 14.5. The average molecular weight is 417 g/mol. The van der Waals surface area contributed by atoms with E-state index in [4.69, 9.17) is 25.8 Å². The molecule has 2 aromatic rings. The van der Waals surface area contributed by atoms with Crippen molar-refractivity contribution in [2.45, 2.75) is 13.8 Å². The Labute approximate surface area is 171 Å². The third kappa shape index (κ3) is 4.55. The molecular formula is C20H17ClN2O6. The van der Waals surface area contributed by atoms with Crippen LogP contribution in [0.1, 0.15) is 25.0 Å².